The molecule has 0 saturated carbocycles. The van der Waals surface area contributed by atoms with Crippen LogP contribution >= 0.6 is 11.6 Å². The van der Waals surface area contributed by atoms with E-state index in [-0.39, 0.29) is 29.8 Å². The molecular weight excluding hydrogens is 318 g/mol. The van der Waals surface area contributed by atoms with Crippen LogP contribution in [-0.2, 0) is 6.54 Å². The highest BCUT2D eigenvalue weighted by molar-refractivity contribution is 6.34. The second-order valence-corrected chi connectivity index (χ2v) is 5.40. The lowest BCUT2D eigenvalue weighted by Gasteiger charge is -2.08. The van der Waals surface area contributed by atoms with Crippen LogP contribution in [0.4, 0.5) is 0 Å². The number of halogens is 1. The summed E-state index contributed by atoms with van der Waals surface area (Å²) in [5.41, 5.74) is 1.78. The largest absolute Gasteiger partial charge is 0.346 e. The first-order chi connectivity index (χ1) is 11.2. The molecule has 0 bridgehead atoms. The van der Waals surface area contributed by atoms with Gasteiger partial charge in [-0.2, -0.15) is 0 Å². The van der Waals surface area contributed by atoms with Crippen molar-refractivity contribution in [1.29, 1.82) is 0 Å². The third-order valence-corrected chi connectivity index (χ3v) is 4.00. The number of H-pyrrole nitrogens is 1. The fourth-order valence-electron chi connectivity index (χ4n) is 2.63. The maximum absolute atomic E-state index is 12.5. The number of nitrogens with zero attached hydrogens (tertiary/aromatic N) is 3. The minimum atomic E-state index is -0.330. The lowest BCUT2D eigenvalue weighted by Crippen LogP contribution is -2.22. The summed E-state index contributed by atoms with van der Waals surface area (Å²) in [6.07, 6.45) is 4.58. The molecule has 2 aromatic heterocycles. The van der Waals surface area contributed by atoms with E-state index in [9.17, 15) is 9.59 Å². The molecule has 1 aromatic carbocycles. The summed E-state index contributed by atoms with van der Waals surface area (Å²) in [5, 5.41) is 3.11. The van der Waals surface area contributed by atoms with Crippen LogP contribution in [0.15, 0.2) is 36.9 Å². The summed E-state index contributed by atoms with van der Waals surface area (Å²) in [4.78, 5) is 35.7. The minimum Gasteiger partial charge on any atom is -0.346 e. The molecule has 0 radical (unpaired) electrons. The second-order valence-electron chi connectivity index (χ2n) is 4.99. The van der Waals surface area contributed by atoms with Gasteiger partial charge in [0.05, 0.1) is 28.5 Å². The van der Waals surface area contributed by atoms with Gasteiger partial charge in [-0.1, -0.05) is 17.7 Å². The number of hydrogen-bond donors (Lipinski definition) is 2. The van der Waals surface area contributed by atoms with Gasteiger partial charge in [0.2, 0.25) is 5.78 Å². The van der Waals surface area contributed by atoms with Gasteiger partial charge < -0.3 is 10.3 Å². The summed E-state index contributed by atoms with van der Waals surface area (Å²) in [6.45, 7) is 0.172. The molecule has 8 heteroatoms. The zero-order valence-corrected chi connectivity index (χ0v) is 12.5. The number of aromatic nitrogens is 4. The Bertz CT molecular complexity index is 930. The van der Waals surface area contributed by atoms with Gasteiger partial charge in [-0.15, -0.1) is 0 Å². The van der Waals surface area contributed by atoms with E-state index in [0.717, 1.165) is 0 Å². The van der Waals surface area contributed by atoms with Gasteiger partial charge in [0, 0.05) is 12.4 Å². The lowest BCUT2D eigenvalue weighted by molar-refractivity contribution is 0.0949. The molecule has 7 nitrogen and oxygen atoms in total. The van der Waals surface area contributed by atoms with Gasteiger partial charge >= 0.3 is 0 Å². The van der Waals surface area contributed by atoms with Crippen LogP contribution in [0.25, 0.3) is 5.69 Å². The van der Waals surface area contributed by atoms with Crippen LogP contribution in [0.1, 0.15) is 32.4 Å². The fraction of sp³-hybridized carbons (Fsp3) is 0.0667. The maximum atomic E-state index is 12.5. The molecule has 0 spiro atoms. The van der Waals surface area contributed by atoms with Gasteiger partial charge in [-0.3, -0.25) is 14.2 Å². The summed E-state index contributed by atoms with van der Waals surface area (Å²) in [5.74, 6) is -0.414. The number of amides is 1. The molecule has 0 saturated heterocycles. The number of nitrogens with one attached hydrogen (secondary N) is 2. The molecule has 114 valence electrons. The second kappa shape index (κ2) is 5.06. The topological polar surface area (TPSA) is 92.7 Å². The van der Waals surface area contributed by atoms with Crippen molar-refractivity contribution in [2.24, 2.45) is 0 Å². The van der Waals surface area contributed by atoms with Gasteiger partial charge in [-0.25, -0.2) is 9.97 Å². The van der Waals surface area contributed by atoms with E-state index in [1.54, 1.807) is 29.0 Å². The molecule has 0 fully saturated rings. The quantitative estimate of drug-likeness (QED) is 0.701. The summed E-state index contributed by atoms with van der Waals surface area (Å²) >= 11 is 6.15. The zero-order chi connectivity index (χ0) is 16.0. The molecule has 4 rings (SSSR count). The molecule has 0 unspecified atom stereocenters. The minimum absolute atomic E-state index is 0.172. The average molecular weight is 328 g/mol. The Morgan fingerprint density at radius 2 is 2.17 bits per heavy atom. The zero-order valence-electron chi connectivity index (χ0n) is 11.7. The van der Waals surface area contributed by atoms with Crippen molar-refractivity contribution >= 4 is 23.3 Å². The van der Waals surface area contributed by atoms with E-state index >= 15 is 0 Å². The van der Waals surface area contributed by atoms with E-state index in [2.05, 4.69) is 20.3 Å². The molecule has 3 heterocycles. The highest BCUT2D eigenvalue weighted by atomic mass is 35.5. The number of carbonyl (C=O) groups excluding carboxylic acids is 2. The van der Waals surface area contributed by atoms with E-state index < -0.39 is 0 Å². The van der Waals surface area contributed by atoms with Crippen LogP contribution < -0.4 is 5.32 Å². The molecule has 3 aromatic rings. The van der Waals surface area contributed by atoms with E-state index in [1.807, 2.05) is 0 Å². The standard InChI is InChI=1S/C15H10ClN5O2/c16-8-2-1-3-9-11(8)15(23)19-6-10-12(20-7-21(9)10)13(22)14-17-4-5-18-14/h1-5,7H,6H2,(H,17,18)(H,19,23). The van der Waals surface area contributed by atoms with Crippen LogP contribution in [-0.4, -0.2) is 31.2 Å². The highest BCUT2D eigenvalue weighted by Gasteiger charge is 2.27. The van der Waals surface area contributed by atoms with Crippen molar-refractivity contribution in [2.45, 2.75) is 6.54 Å². The average Bonchev–Trinajstić information content (AvgIpc) is 3.19. The lowest BCUT2D eigenvalue weighted by atomic mass is 10.1. The Kier molecular flexibility index (Phi) is 3.02. The van der Waals surface area contributed by atoms with Crippen molar-refractivity contribution in [3.8, 4) is 5.69 Å². The van der Waals surface area contributed by atoms with E-state index in [1.165, 1.54) is 12.5 Å². The molecule has 0 atom stereocenters. The fourth-order valence-corrected chi connectivity index (χ4v) is 2.89. The third-order valence-electron chi connectivity index (χ3n) is 3.69. The number of imidazole rings is 2. The van der Waals surface area contributed by atoms with E-state index in [4.69, 9.17) is 11.6 Å². The number of hydrogen-bond acceptors (Lipinski definition) is 4. The third kappa shape index (κ3) is 2.05. The predicted octanol–water partition coefficient (Wildman–Crippen LogP) is 1.72. The molecule has 1 amide bonds. The van der Waals surface area contributed by atoms with Crippen LogP contribution in [0, 0.1) is 0 Å². The molecule has 1 aliphatic heterocycles. The Morgan fingerprint density at radius 3 is 2.96 bits per heavy atom. The van der Waals surface area contributed by atoms with E-state index in [0.29, 0.717) is 22.0 Å². The molecular formula is C15H10ClN5O2. The van der Waals surface area contributed by atoms with Gasteiger partial charge in [0.15, 0.2) is 5.82 Å². The summed E-state index contributed by atoms with van der Waals surface area (Å²) in [6, 6.07) is 5.16. The first-order valence-electron chi connectivity index (χ1n) is 6.84. The van der Waals surface area contributed by atoms with Crippen molar-refractivity contribution in [2.75, 3.05) is 0 Å². The maximum Gasteiger partial charge on any atom is 0.255 e. The first kappa shape index (κ1) is 13.7. The van der Waals surface area contributed by atoms with Crippen LogP contribution in [0.3, 0.4) is 0 Å². The Hall–Kier alpha value is -2.93. The number of aromatic amines is 1. The normalized spacial score (nSPS) is 13.0. The highest BCUT2D eigenvalue weighted by Crippen LogP contribution is 2.28. The molecule has 2 N–H and O–H groups in total. The van der Waals surface area contributed by atoms with Crippen LogP contribution in [0.5, 0.6) is 0 Å². The van der Waals surface area contributed by atoms with Crippen molar-refractivity contribution < 1.29 is 9.59 Å². The summed E-state index contributed by atoms with van der Waals surface area (Å²) < 4.78 is 1.70. The number of ketones is 1. The van der Waals surface area contributed by atoms with Gasteiger partial charge in [0.25, 0.3) is 5.91 Å². The van der Waals surface area contributed by atoms with Crippen molar-refractivity contribution in [3.05, 3.63) is 64.7 Å². The van der Waals surface area contributed by atoms with Crippen molar-refractivity contribution in [3.63, 3.8) is 0 Å². The van der Waals surface area contributed by atoms with Crippen molar-refractivity contribution in [1.82, 2.24) is 24.8 Å². The molecule has 23 heavy (non-hydrogen) atoms. The predicted molar refractivity (Wildman–Crippen MR) is 81.8 cm³/mol. The molecule has 1 aliphatic rings. The Balaban J connectivity index is 1.90. The van der Waals surface area contributed by atoms with Gasteiger partial charge in [-0.05, 0) is 12.1 Å². The Labute approximate surface area is 135 Å². The number of fused-ring (bicyclic) bond motifs is 3. The summed E-state index contributed by atoms with van der Waals surface area (Å²) in [7, 11) is 0. The number of carbonyl (C=O) groups is 2. The smallest absolute Gasteiger partial charge is 0.255 e. The number of rotatable bonds is 2. The van der Waals surface area contributed by atoms with Gasteiger partial charge in [0.1, 0.15) is 12.0 Å². The van der Waals surface area contributed by atoms with Crippen LogP contribution in [0.2, 0.25) is 5.02 Å². The molecule has 0 aliphatic carbocycles. The SMILES string of the molecule is O=C(c1ncc[nH]1)c1ncn2c1CNC(=O)c1c(Cl)cccc1-2. The monoisotopic (exact) mass is 327 g/mol. The Morgan fingerprint density at radius 1 is 1.30 bits per heavy atom. The first-order valence-corrected chi connectivity index (χ1v) is 7.22. The number of benzene rings is 1.